The largest absolute Gasteiger partial charge is 0.479 e. The number of nitrogens with one attached hydrogen (secondary N) is 2. The van der Waals surface area contributed by atoms with Gasteiger partial charge in [-0.25, -0.2) is 9.59 Å². The molecular formula is C15H19ClN2O3. The van der Waals surface area contributed by atoms with Gasteiger partial charge in [-0.05, 0) is 31.7 Å². The third kappa shape index (κ3) is 3.47. The maximum absolute atomic E-state index is 12.1. The predicted molar refractivity (Wildman–Crippen MR) is 80.4 cm³/mol. The summed E-state index contributed by atoms with van der Waals surface area (Å²) in [6.45, 7) is 2.02. The highest BCUT2D eigenvalue weighted by Gasteiger charge is 2.37. The van der Waals surface area contributed by atoms with Crippen molar-refractivity contribution in [2.45, 2.75) is 44.2 Å². The first-order valence-electron chi connectivity index (χ1n) is 7.03. The number of rotatable bonds is 5. The van der Waals surface area contributed by atoms with E-state index >= 15 is 0 Å². The van der Waals surface area contributed by atoms with Crippen molar-refractivity contribution < 1.29 is 14.7 Å². The second-order valence-corrected chi connectivity index (χ2v) is 5.79. The molecule has 114 valence electrons. The SMILES string of the molecule is CCC1(NC(=O)N[C@@H](C(=O)O)c2ccccc2Cl)CCC1. The molecule has 2 rings (SSSR count). The van der Waals surface area contributed by atoms with Crippen molar-refractivity contribution in [2.24, 2.45) is 0 Å². The van der Waals surface area contributed by atoms with Gasteiger partial charge < -0.3 is 15.7 Å². The van der Waals surface area contributed by atoms with Gasteiger partial charge in [0.25, 0.3) is 0 Å². The highest BCUT2D eigenvalue weighted by molar-refractivity contribution is 6.31. The lowest BCUT2D eigenvalue weighted by molar-refractivity contribution is -0.139. The summed E-state index contributed by atoms with van der Waals surface area (Å²) >= 11 is 6.01. The molecule has 1 aliphatic rings. The van der Waals surface area contributed by atoms with E-state index in [4.69, 9.17) is 11.6 Å². The Morgan fingerprint density at radius 2 is 2.05 bits per heavy atom. The minimum absolute atomic E-state index is 0.187. The lowest BCUT2D eigenvalue weighted by Gasteiger charge is -2.42. The third-order valence-corrected chi connectivity index (χ3v) is 4.45. The van der Waals surface area contributed by atoms with Gasteiger partial charge in [0.1, 0.15) is 0 Å². The van der Waals surface area contributed by atoms with Crippen LogP contribution in [-0.2, 0) is 4.79 Å². The van der Waals surface area contributed by atoms with E-state index in [-0.39, 0.29) is 5.54 Å². The molecule has 3 N–H and O–H groups in total. The Labute approximate surface area is 128 Å². The topological polar surface area (TPSA) is 78.4 Å². The smallest absolute Gasteiger partial charge is 0.331 e. The molecule has 1 atom stereocenters. The average Bonchev–Trinajstić information content (AvgIpc) is 2.41. The second-order valence-electron chi connectivity index (χ2n) is 5.38. The van der Waals surface area contributed by atoms with E-state index in [1.165, 1.54) is 0 Å². The number of carbonyl (C=O) groups is 2. The first kappa shape index (κ1) is 15.6. The van der Waals surface area contributed by atoms with E-state index in [1.54, 1.807) is 24.3 Å². The van der Waals surface area contributed by atoms with Crippen molar-refractivity contribution in [2.75, 3.05) is 0 Å². The van der Waals surface area contributed by atoms with Gasteiger partial charge in [0.15, 0.2) is 6.04 Å². The summed E-state index contributed by atoms with van der Waals surface area (Å²) < 4.78 is 0. The number of halogens is 1. The Hall–Kier alpha value is -1.75. The van der Waals surface area contributed by atoms with Crippen molar-refractivity contribution >= 4 is 23.6 Å². The lowest BCUT2D eigenvalue weighted by atomic mass is 9.75. The highest BCUT2D eigenvalue weighted by Crippen LogP contribution is 2.34. The second kappa shape index (κ2) is 6.35. The van der Waals surface area contributed by atoms with Gasteiger partial charge in [0.05, 0.1) is 0 Å². The molecule has 1 saturated carbocycles. The normalized spacial score (nSPS) is 17.4. The van der Waals surface area contributed by atoms with Crippen molar-refractivity contribution in [3.63, 3.8) is 0 Å². The Balaban J connectivity index is 2.08. The van der Waals surface area contributed by atoms with Gasteiger partial charge >= 0.3 is 12.0 Å². The summed E-state index contributed by atoms with van der Waals surface area (Å²) in [6, 6.07) is 4.98. The van der Waals surface area contributed by atoms with E-state index in [2.05, 4.69) is 10.6 Å². The number of hydrogen-bond acceptors (Lipinski definition) is 2. The fourth-order valence-corrected chi connectivity index (χ4v) is 2.81. The Kier molecular flexibility index (Phi) is 4.73. The zero-order chi connectivity index (χ0) is 15.5. The maximum atomic E-state index is 12.1. The van der Waals surface area contributed by atoms with E-state index in [1.807, 2.05) is 6.92 Å². The molecule has 1 aromatic rings. The van der Waals surface area contributed by atoms with Gasteiger partial charge in [0.2, 0.25) is 0 Å². The molecule has 0 unspecified atom stereocenters. The summed E-state index contributed by atoms with van der Waals surface area (Å²) in [5, 5.41) is 15.0. The molecule has 0 spiro atoms. The summed E-state index contributed by atoms with van der Waals surface area (Å²) in [4.78, 5) is 23.5. The Morgan fingerprint density at radius 3 is 2.52 bits per heavy atom. The van der Waals surface area contributed by atoms with Crippen LogP contribution in [0.25, 0.3) is 0 Å². The minimum Gasteiger partial charge on any atom is -0.479 e. The zero-order valence-corrected chi connectivity index (χ0v) is 12.6. The van der Waals surface area contributed by atoms with Crippen molar-refractivity contribution in [3.05, 3.63) is 34.9 Å². The molecule has 1 aliphatic carbocycles. The fraction of sp³-hybridized carbons (Fsp3) is 0.467. The predicted octanol–water partition coefficient (Wildman–Crippen LogP) is 3.10. The molecule has 0 heterocycles. The summed E-state index contributed by atoms with van der Waals surface area (Å²) in [5.41, 5.74) is 0.189. The minimum atomic E-state index is -1.16. The van der Waals surface area contributed by atoms with E-state index in [0.717, 1.165) is 25.7 Å². The van der Waals surface area contributed by atoms with Crippen LogP contribution < -0.4 is 10.6 Å². The summed E-state index contributed by atoms with van der Waals surface area (Å²) in [7, 11) is 0. The van der Waals surface area contributed by atoms with Crippen LogP contribution in [0.1, 0.15) is 44.2 Å². The highest BCUT2D eigenvalue weighted by atomic mass is 35.5. The van der Waals surface area contributed by atoms with E-state index < -0.39 is 18.0 Å². The van der Waals surface area contributed by atoms with Gasteiger partial charge in [-0.1, -0.05) is 36.7 Å². The monoisotopic (exact) mass is 310 g/mol. The molecule has 1 fully saturated rings. The van der Waals surface area contributed by atoms with E-state index in [0.29, 0.717) is 10.6 Å². The number of urea groups is 1. The molecule has 0 saturated heterocycles. The first-order valence-corrected chi connectivity index (χ1v) is 7.41. The van der Waals surface area contributed by atoms with Crippen LogP contribution in [0.5, 0.6) is 0 Å². The molecule has 1 aromatic carbocycles. The fourth-order valence-electron chi connectivity index (χ4n) is 2.56. The summed E-state index contributed by atoms with van der Waals surface area (Å²) in [5.74, 6) is -1.14. The van der Waals surface area contributed by atoms with Crippen LogP contribution in [-0.4, -0.2) is 22.6 Å². The molecule has 6 heteroatoms. The lowest BCUT2D eigenvalue weighted by Crippen LogP contribution is -2.56. The molecular weight excluding hydrogens is 292 g/mol. The molecule has 21 heavy (non-hydrogen) atoms. The average molecular weight is 311 g/mol. The number of benzene rings is 1. The number of carboxylic acid groups (broad SMARTS) is 1. The number of amides is 2. The van der Waals surface area contributed by atoms with Crippen LogP contribution in [0.4, 0.5) is 4.79 Å². The Morgan fingerprint density at radius 1 is 1.38 bits per heavy atom. The molecule has 0 bridgehead atoms. The first-order chi connectivity index (χ1) is 9.97. The van der Waals surface area contributed by atoms with Gasteiger partial charge in [-0.3, -0.25) is 0 Å². The van der Waals surface area contributed by atoms with Crippen LogP contribution >= 0.6 is 11.6 Å². The van der Waals surface area contributed by atoms with Gasteiger partial charge in [-0.15, -0.1) is 0 Å². The number of carbonyl (C=O) groups excluding carboxylic acids is 1. The molecule has 2 amide bonds. The Bertz CT molecular complexity index is 538. The van der Waals surface area contributed by atoms with Crippen molar-refractivity contribution in [1.29, 1.82) is 0 Å². The van der Waals surface area contributed by atoms with Crippen molar-refractivity contribution in [3.8, 4) is 0 Å². The number of aliphatic carboxylic acids is 1. The number of hydrogen-bond donors (Lipinski definition) is 3. The van der Waals surface area contributed by atoms with Crippen molar-refractivity contribution in [1.82, 2.24) is 10.6 Å². The summed E-state index contributed by atoms with van der Waals surface area (Å²) in [6.07, 6.45) is 3.78. The van der Waals surface area contributed by atoms with E-state index in [9.17, 15) is 14.7 Å². The number of carboxylic acids is 1. The van der Waals surface area contributed by atoms with Crippen LogP contribution in [0.15, 0.2) is 24.3 Å². The molecule has 5 nitrogen and oxygen atoms in total. The molecule has 0 aromatic heterocycles. The van der Waals surface area contributed by atoms with Gasteiger partial charge in [-0.2, -0.15) is 0 Å². The molecule has 0 aliphatic heterocycles. The zero-order valence-electron chi connectivity index (χ0n) is 11.9. The van der Waals surface area contributed by atoms with Crippen LogP contribution in [0, 0.1) is 0 Å². The van der Waals surface area contributed by atoms with Gasteiger partial charge in [0, 0.05) is 16.1 Å². The van der Waals surface area contributed by atoms with Crippen LogP contribution in [0.2, 0.25) is 5.02 Å². The quantitative estimate of drug-likeness (QED) is 0.782. The maximum Gasteiger partial charge on any atom is 0.331 e. The third-order valence-electron chi connectivity index (χ3n) is 4.10. The molecule has 0 radical (unpaired) electrons. The standard InChI is InChI=1S/C15H19ClN2O3/c1-2-15(8-5-9-15)18-14(21)17-12(13(19)20)10-6-3-4-7-11(10)16/h3-4,6-7,12H,2,5,8-9H2,1H3,(H,19,20)(H2,17,18,21)/t12-/m1/s1. The van der Waals surface area contributed by atoms with Crippen LogP contribution in [0.3, 0.4) is 0 Å².